The molecule has 90 valence electrons. The van der Waals surface area contributed by atoms with Crippen molar-refractivity contribution in [1.29, 1.82) is 0 Å². The van der Waals surface area contributed by atoms with Crippen LogP contribution in [0.15, 0.2) is 0 Å². The number of nitrogens with one attached hydrogen (secondary N) is 1. The van der Waals surface area contributed by atoms with Crippen molar-refractivity contribution in [3.63, 3.8) is 0 Å². The number of ether oxygens (including phenoxy) is 1. The summed E-state index contributed by atoms with van der Waals surface area (Å²) < 4.78 is 6.00. The van der Waals surface area contributed by atoms with Gasteiger partial charge in [0, 0.05) is 6.04 Å². The van der Waals surface area contributed by atoms with Crippen LogP contribution < -0.4 is 5.32 Å². The quantitative estimate of drug-likeness (QED) is 0.732. The molecule has 15 heavy (non-hydrogen) atoms. The third kappa shape index (κ3) is 4.52. The molecule has 0 saturated heterocycles. The van der Waals surface area contributed by atoms with Gasteiger partial charge in [-0.1, -0.05) is 39.5 Å². The van der Waals surface area contributed by atoms with Gasteiger partial charge in [0.15, 0.2) is 0 Å². The standard InChI is InChI=1S/C13H27NO/c1-4-11(2)13(14-3)10-15-12-8-6-5-7-9-12/h11-14H,4-10H2,1-3H3. The minimum absolute atomic E-state index is 0.525. The first-order chi connectivity index (χ1) is 7.27. The van der Waals surface area contributed by atoms with Gasteiger partial charge in [0.2, 0.25) is 0 Å². The Balaban J connectivity index is 2.20. The zero-order valence-corrected chi connectivity index (χ0v) is 10.6. The van der Waals surface area contributed by atoms with Crippen LogP contribution in [0.5, 0.6) is 0 Å². The predicted octanol–water partition coefficient (Wildman–Crippen LogP) is 2.97. The van der Waals surface area contributed by atoms with Gasteiger partial charge in [-0.3, -0.25) is 0 Å². The number of hydrogen-bond acceptors (Lipinski definition) is 2. The third-order valence-corrected chi connectivity index (χ3v) is 3.77. The fourth-order valence-corrected chi connectivity index (χ4v) is 2.29. The van der Waals surface area contributed by atoms with E-state index in [0.29, 0.717) is 18.1 Å². The summed E-state index contributed by atoms with van der Waals surface area (Å²) in [6, 6.07) is 0.525. The molecule has 0 aliphatic heterocycles. The fraction of sp³-hybridized carbons (Fsp3) is 1.00. The maximum absolute atomic E-state index is 6.00. The molecule has 0 aromatic rings. The van der Waals surface area contributed by atoms with Crippen LogP contribution in [0.2, 0.25) is 0 Å². The fourth-order valence-electron chi connectivity index (χ4n) is 2.29. The van der Waals surface area contributed by atoms with Gasteiger partial charge >= 0.3 is 0 Å². The minimum Gasteiger partial charge on any atom is -0.377 e. The molecule has 2 heteroatoms. The highest BCUT2D eigenvalue weighted by molar-refractivity contribution is 4.72. The molecule has 0 aromatic carbocycles. The van der Waals surface area contributed by atoms with Crippen LogP contribution in [0.25, 0.3) is 0 Å². The van der Waals surface area contributed by atoms with Crippen molar-refractivity contribution in [1.82, 2.24) is 5.32 Å². The molecule has 1 aliphatic carbocycles. The molecule has 1 N–H and O–H groups in total. The van der Waals surface area contributed by atoms with E-state index >= 15 is 0 Å². The second kappa shape index (κ2) is 7.24. The van der Waals surface area contributed by atoms with Crippen molar-refractivity contribution in [2.24, 2.45) is 5.92 Å². The molecule has 0 radical (unpaired) electrons. The van der Waals surface area contributed by atoms with Gasteiger partial charge in [-0.25, -0.2) is 0 Å². The lowest BCUT2D eigenvalue weighted by molar-refractivity contribution is 0.00908. The monoisotopic (exact) mass is 213 g/mol. The molecule has 2 nitrogen and oxygen atoms in total. The molecule has 1 aliphatic rings. The molecule has 0 spiro atoms. The van der Waals surface area contributed by atoms with Gasteiger partial charge in [-0.2, -0.15) is 0 Å². The molecule has 1 rings (SSSR count). The largest absolute Gasteiger partial charge is 0.377 e. The normalized spacial score (nSPS) is 22.6. The summed E-state index contributed by atoms with van der Waals surface area (Å²) in [6.45, 7) is 5.43. The summed E-state index contributed by atoms with van der Waals surface area (Å²) in [5.74, 6) is 0.707. The summed E-state index contributed by atoms with van der Waals surface area (Å²) >= 11 is 0. The molecule has 2 atom stereocenters. The Morgan fingerprint density at radius 2 is 1.93 bits per heavy atom. The number of hydrogen-bond donors (Lipinski definition) is 1. The van der Waals surface area contributed by atoms with Crippen LogP contribution in [-0.4, -0.2) is 25.8 Å². The lowest BCUT2D eigenvalue weighted by Gasteiger charge is -2.27. The van der Waals surface area contributed by atoms with Crippen LogP contribution in [-0.2, 0) is 4.74 Å². The molecule has 0 heterocycles. The van der Waals surface area contributed by atoms with E-state index < -0.39 is 0 Å². The summed E-state index contributed by atoms with van der Waals surface area (Å²) in [6.07, 6.45) is 8.43. The topological polar surface area (TPSA) is 21.3 Å². The van der Waals surface area contributed by atoms with E-state index in [0.717, 1.165) is 6.61 Å². The van der Waals surface area contributed by atoms with Crippen LogP contribution in [0.1, 0.15) is 52.4 Å². The zero-order chi connectivity index (χ0) is 11.1. The second-order valence-electron chi connectivity index (χ2n) is 4.87. The van der Waals surface area contributed by atoms with Gasteiger partial charge in [-0.15, -0.1) is 0 Å². The second-order valence-corrected chi connectivity index (χ2v) is 4.87. The van der Waals surface area contributed by atoms with Crippen molar-refractivity contribution < 1.29 is 4.74 Å². The number of likely N-dealkylation sites (N-methyl/N-ethyl adjacent to an activating group) is 1. The average Bonchev–Trinajstić information content (AvgIpc) is 2.31. The summed E-state index contributed by atoms with van der Waals surface area (Å²) in [5, 5.41) is 3.37. The minimum atomic E-state index is 0.525. The Kier molecular flexibility index (Phi) is 6.26. The molecular weight excluding hydrogens is 186 g/mol. The van der Waals surface area contributed by atoms with E-state index in [4.69, 9.17) is 4.74 Å². The van der Waals surface area contributed by atoms with Crippen LogP contribution in [0.3, 0.4) is 0 Å². The molecular formula is C13H27NO. The maximum Gasteiger partial charge on any atom is 0.0625 e. The molecule has 1 fully saturated rings. The lowest BCUT2D eigenvalue weighted by Crippen LogP contribution is -2.37. The molecule has 1 saturated carbocycles. The van der Waals surface area contributed by atoms with Crippen LogP contribution >= 0.6 is 0 Å². The Morgan fingerprint density at radius 3 is 2.47 bits per heavy atom. The molecule has 0 bridgehead atoms. The molecule has 0 aromatic heterocycles. The highest BCUT2D eigenvalue weighted by Crippen LogP contribution is 2.21. The molecule has 0 amide bonds. The molecule has 2 unspecified atom stereocenters. The van der Waals surface area contributed by atoms with E-state index in [9.17, 15) is 0 Å². The Morgan fingerprint density at radius 1 is 1.27 bits per heavy atom. The van der Waals surface area contributed by atoms with Gasteiger partial charge < -0.3 is 10.1 Å². The van der Waals surface area contributed by atoms with Crippen molar-refractivity contribution >= 4 is 0 Å². The van der Waals surface area contributed by atoms with E-state index in [1.54, 1.807) is 0 Å². The first kappa shape index (κ1) is 13.0. The summed E-state index contributed by atoms with van der Waals surface area (Å²) in [5.41, 5.74) is 0. The Bertz CT molecular complexity index is 155. The van der Waals surface area contributed by atoms with Crippen molar-refractivity contribution in [2.75, 3.05) is 13.7 Å². The van der Waals surface area contributed by atoms with E-state index in [1.807, 2.05) is 7.05 Å². The smallest absolute Gasteiger partial charge is 0.0625 e. The Labute approximate surface area is 94.8 Å². The predicted molar refractivity (Wildman–Crippen MR) is 65.1 cm³/mol. The van der Waals surface area contributed by atoms with Crippen molar-refractivity contribution in [3.8, 4) is 0 Å². The van der Waals surface area contributed by atoms with E-state index in [-0.39, 0.29) is 0 Å². The van der Waals surface area contributed by atoms with Crippen LogP contribution in [0, 0.1) is 5.92 Å². The zero-order valence-electron chi connectivity index (χ0n) is 10.6. The highest BCUT2D eigenvalue weighted by Gasteiger charge is 2.18. The van der Waals surface area contributed by atoms with E-state index in [2.05, 4.69) is 19.2 Å². The van der Waals surface area contributed by atoms with E-state index in [1.165, 1.54) is 38.5 Å². The van der Waals surface area contributed by atoms with Gasteiger partial charge in [-0.05, 0) is 25.8 Å². The average molecular weight is 213 g/mol. The summed E-state index contributed by atoms with van der Waals surface area (Å²) in [4.78, 5) is 0. The Hall–Kier alpha value is -0.0800. The SMILES string of the molecule is CCC(C)C(COC1CCCCC1)NC. The van der Waals surface area contributed by atoms with Gasteiger partial charge in [0.25, 0.3) is 0 Å². The number of rotatable bonds is 6. The van der Waals surface area contributed by atoms with Crippen molar-refractivity contribution in [3.05, 3.63) is 0 Å². The lowest BCUT2D eigenvalue weighted by atomic mass is 9.97. The first-order valence-electron chi connectivity index (χ1n) is 6.56. The third-order valence-electron chi connectivity index (χ3n) is 3.77. The highest BCUT2D eigenvalue weighted by atomic mass is 16.5. The summed E-state index contributed by atoms with van der Waals surface area (Å²) in [7, 11) is 2.04. The van der Waals surface area contributed by atoms with Gasteiger partial charge in [0.1, 0.15) is 0 Å². The maximum atomic E-state index is 6.00. The van der Waals surface area contributed by atoms with Crippen molar-refractivity contribution in [2.45, 2.75) is 64.5 Å². The van der Waals surface area contributed by atoms with Gasteiger partial charge in [0.05, 0.1) is 12.7 Å². The van der Waals surface area contributed by atoms with Crippen LogP contribution in [0.4, 0.5) is 0 Å². The first-order valence-corrected chi connectivity index (χ1v) is 6.56.